The van der Waals surface area contributed by atoms with E-state index in [0.717, 1.165) is 31.7 Å². The average Bonchev–Trinajstić information content (AvgIpc) is 3.42. The Balaban J connectivity index is 1.27. The van der Waals surface area contributed by atoms with Crippen molar-refractivity contribution in [2.45, 2.75) is 32.4 Å². The molecule has 1 aliphatic rings. The number of hydrogen-bond donors (Lipinski definition) is 2. The maximum Gasteiger partial charge on any atom is 0.0945 e. The third-order valence-electron chi connectivity index (χ3n) is 4.87. The second-order valence-corrected chi connectivity index (χ2v) is 7.88. The Morgan fingerprint density at radius 3 is 2.85 bits per heavy atom. The van der Waals surface area contributed by atoms with Crippen molar-refractivity contribution in [1.29, 1.82) is 0 Å². The smallest absolute Gasteiger partial charge is 0.0945 e. The van der Waals surface area contributed by atoms with Gasteiger partial charge in [-0.15, -0.1) is 11.3 Å². The highest BCUT2D eigenvalue weighted by molar-refractivity contribution is 7.09. The molecule has 0 atom stereocenters. The molecule has 26 heavy (non-hydrogen) atoms. The highest BCUT2D eigenvalue weighted by atomic mass is 32.1. The van der Waals surface area contributed by atoms with Crippen LogP contribution in [0.3, 0.4) is 0 Å². The molecule has 3 aromatic rings. The Labute approximate surface area is 159 Å². The number of nitrogens with one attached hydrogen (secondary N) is 2. The Morgan fingerprint density at radius 2 is 2.00 bits per heavy atom. The van der Waals surface area contributed by atoms with Gasteiger partial charge < -0.3 is 10.3 Å². The summed E-state index contributed by atoms with van der Waals surface area (Å²) >= 11 is 1.76. The number of nitrogens with zero attached hydrogens (tertiary/aromatic N) is 2. The van der Waals surface area contributed by atoms with Crippen LogP contribution >= 0.6 is 11.3 Å². The molecule has 1 fully saturated rings. The monoisotopic (exact) mass is 366 g/mol. The summed E-state index contributed by atoms with van der Waals surface area (Å²) in [5, 5.41) is 6.87. The van der Waals surface area contributed by atoms with Crippen LogP contribution < -0.4 is 5.32 Å². The van der Waals surface area contributed by atoms with Crippen molar-refractivity contribution in [3.05, 3.63) is 64.2 Å². The minimum Gasteiger partial charge on any atom is -0.363 e. The van der Waals surface area contributed by atoms with E-state index in [1.165, 1.54) is 47.8 Å². The number of likely N-dealkylation sites (tertiary alicyclic amines) is 1. The largest absolute Gasteiger partial charge is 0.363 e. The van der Waals surface area contributed by atoms with Gasteiger partial charge in [0.2, 0.25) is 0 Å². The van der Waals surface area contributed by atoms with Gasteiger partial charge in [-0.05, 0) is 37.6 Å². The number of rotatable bonds is 8. The van der Waals surface area contributed by atoms with Gasteiger partial charge in [0.05, 0.1) is 10.7 Å². The molecule has 4 nitrogen and oxygen atoms in total. The zero-order chi connectivity index (χ0) is 17.6. The molecule has 1 aromatic carbocycles. The summed E-state index contributed by atoms with van der Waals surface area (Å²) in [4.78, 5) is 10.8. The minimum absolute atomic E-state index is 0.913. The molecular weight excluding hydrogens is 340 g/mol. The number of benzene rings is 1. The van der Waals surface area contributed by atoms with Crippen LogP contribution in [0.5, 0.6) is 0 Å². The molecule has 1 saturated heterocycles. The summed E-state index contributed by atoms with van der Waals surface area (Å²) in [6.45, 7) is 5.35. The maximum atomic E-state index is 4.82. The molecule has 1 aliphatic heterocycles. The summed E-state index contributed by atoms with van der Waals surface area (Å²) in [5.41, 5.74) is 4.92. The molecule has 0 saturated carbocycles. The van der Waals surface area contributed by atoms with Gasteiger partial charge in [0.25, 0.3) is 0 Å². The summed E-state index contributed by atoms with van der Waals surface area (Å²) in [6, 6.07) is 12.8. The fourth-order valence-electron chi connectivity index (χ4n) is 3.44. The first kappa shape index (κ1) is 17.5. The molecule has 0 unspecified atom stereocenters. The molecular formula is C21H26N4S. The lowest BCUT2D eigenvalue weighted by Crippen LogP contribution is -2.18. The lowest BCUT2D eigenvalue weighted by atomic mass is 10.2. The first-order valence-electron chi connectivity index (χ1n) is 9.46. The van der Waals surface area contributed by atoms with Crippen molar-refractivity contribution in [1.82, 2.24) is 20.2 Å². The van der Waals surface area contributed by atoms with Crippen molar-refractivity contribution in [2.75, 3.05) is 19.6 Å². The summed E-state index contributed by atoms with van der Waals surface area (Å²) in [7, 11) is 0. The highest BCUT2D eigenvalue weighted by Crippen LogP contribution is 2.24. The summed E-state index contributed by atoms with van der Waals surface area (Å²) in [6.07, 6.45) is 5.74. The van der Waals surface area contributed by atoms with Gasteiger partial charge in [-0.3, -0.25) is 4.90 Å². The lowest BCUT2D eigenvalue weighted by Gasteiger charge is -2.12. The molecule has 136 valence electrons. The second kappa shape index (κ2) is 8.62. The van der Waals surface area contributed by atoms with Gasteiger partial charge in [-0.1, -0.05) is 30.3 Å². The van der Waals surface area contributed by atoms with Gasteiger partial charge in [-0.25, -0.2) is 4.98 Å². The lowest BCUT2D eigenvalue weighted by molar-refractivity contribution is 0.328. The van der Waals surface area contributed by atoms with E-state index >= 15 is 0 Å². The van der Waals surface area contributed by atoms with E-state index in [1.807, 2.05) is 0 Å². The van der Waals surface area contributed by atoms with Gasteiger partial charge in [0, 0.05) is 48.9 Å². The number of aromatic amines is 1. The SMILES string of the molecule is c1ccc(CNCCc2nc(-c3c[nH]c(CN4CCCC4)c3)cs2)cc1. The van der Waals surface area contributed by atoms with E-state index in [0.29, 0.717) is 0 Å². The molecule has 2 N–H and O–H groups in total. The molecule has 5 heteroatoms. The van der Waals surface area contributed by atoms with Crippen LogP contribution in [0, 0.1) is 0 Å². The van der Waals surface area contributed by atoms with Crippen molar-refractivity contribution in [3.8, 4) is 11.3 Å². The van der Waals surface area contributed by atoms with Crippen molar-refractivity contribution >= 4 is 11.3 Å². The molecule has 0 aliphatic carbocycles. The first-order chi connectivity index (χ1) is 12.9. The number of hydrogen-bond acceptors (Lipinski definition) is 4. The minimum atomic E-state index is 0.913. The van der Waals surface area contributed by atoms with Crippen LogP contribution in [0.15, 0.2) is 48.0 Å². The summed E-state index contributed by atoms with van der Waals surface area (Å²) < 4.78 is 0. The normalized spacial score (nSPS) is 14.9. The Morgan fingerprint density at radius 1 is 1.15 bits per heavy atom. The van der Waals surface area contributed by atoms with Crippen molar-refractivity contribution in [2.24, 2.45) is 0 Å². The third kappa shape index (κ3) is 4.61. The molecule has 2 aromatic heterocycles. The molecule has 0 spiro atoms. The summed E-state index contributed by atoms with van der Waals surface area (Å²) in [5.74, 6) is 0. The Hall–Kier alpha value is -1.95. The zero-order valence-electron chi connectivity index (χ0n) is 15.1. The van der Waals surface area contributed by atoms with E-state index in [1.54, 1.807) is 11.3 Å². The predicted molar refractivity (Wildman–Crippen MR) is 108 cm³/mol. The van der Waals surface area contributed by atoms with E-state index in [4.69, 9.17) is 4.98 Å². The van der Waals surface area contributed by atoms with Crippen LogP contribution in [0.2, 0.25) is 0 Å². The molecule has 0 amide bonds. The van der Waals surface area contributed by atoms with E-state index in [2.05, 4.69) is 63.2 Å². The van der Waals surface area contributed by atoms with Gasteiger partial charge in [0.15, 0.2) is 0 Å². The van der Waals surface area contributed by atoms with E-state index < -0.39 is 0 Å². The maximum absolute atomic E-state index is 4.82. The van der Waals surface area contributed by atoms with Crippen LogP contribution in [0.4, 0.5) is 0 Å². The van der Waals surface area contributed by atoms with E-state index in [9.17, 15) is 0 Å². The second-order valence-electron chi connectivity index (χ2n) is 6.94. The van der Waals surface area contributed by atoms with Crippen molar-refractivity contribution in [3.63, 3.8) is 0 Å². The van der Waals surface area contributed by atoms with Gasteiger partial charge >= 0.3 is 0 Å². The Bertz CT molecular complexity index is 802. The third-order valence-corrected chi connectivity index (χ3v) is 5.78. The van der Waals surface area contributed by atoms with Crippen LogP contribution in [0.1, 0.15) is 29.1 Å². The van der Waals surface area contributed by atoms with Crippen molar-refractivity contribution < 1.29 is 0 Å². The average molecular weight is 367 g/mol. The molecule has 3 heterocycles. The number of aromatic nitrogens is 2. The molecule has 0 radical (unpaired) electrons. The number of thiazole rings is 1. The Kier molecular flexibility index (Phi) is 5.79. The topological polar surface area (TPSA) is 44.0 Å². The van der Waals surface area contributed by atoms with Gasteiger partial charge in [0.1, 0.15) is 0 Å². The first-order valence-corrected chi connectivity index (χ1v) is 10.3. The van der Waals surface area contributed by atoms with Crippen LogP contribution in [0.25, 0.3) is 11.3 Å². The standard InChI is InChI=1S/C21H26N4S/c1-2-6-17(7-3-1)13-22-9-8-21-24-20(16-26-21)18-12-19(23-14-18)15-25-10-4-5-11-25/h1-3,6-7,12,14,16,22-23H,4-5,8-11,13,15H2. The van der Waals surface area contributed by atoms with Crippen LogP contribution in [-0.4, -0.2) is 34.5 Å². The predicted octanol–water partition coefficient (Wildman–Crippen LogP) is 4.07. The van der Waals surface area contributed by atoms with Crippen LogP contribution in [-0.2, 0) is 19.5 Å². The van der Waals surface area contributed by atoms with E-state index in [-0.39, 0.29) is 0 Å². The fourth-order valence-corrected chi connectivity index (χ4v) is 4.25. The quantitative estimate of drug-likeness (QED) is 0.591. The zero-order valence-corrected chi connectivity index (χ0v) is 15.9. The fraction of sp³-hybridized carbons (Fsp3) is 0.381. The number of H-pyrrole nitrogens is 1. The van der Waals surface area contributed by atoms with Gasteiger partial charge in [-0.2, -0.15) is 0 Å². The highest BCUT2D eigenvalue weighted by Gasteiger charge is 2.13. The molecule has 4 rings (SSSR count). The molecule has 0 bridgehead atoms.